The number of nitrogens with zero attached hydrogens (tertiary/aromatic N) is 1. The number of hydrogen-bond donors (Lipinski definition) is 0. The highest BCUT2D eigenvalue weighted by Gasteiger charge is 2.16. The van der Waals surface area contributed by atoms with Gasteiger partial charge in [0.15, 0.2) is 0 Å². The van der Waals surface area contributed by atoms with Crippen LogP contribution in [0.2, 0.25) is 0 Å². The van der Waals surface area contributed by atoms with Crippen LogP contribution >= 0.6 is 11.6 Å². The van der Waals surface area contributed by atoms with E-state index in [1.54, 1.807) is 0 Å². The van der Waals surface area contributed by atoms with Crippen LogP contribution in [0, 0.1) is 0 Å². The van der Waals surface area contributed by atoms with E-state index in [1.807, 2.05) is 0 Å². The van der Waals surface area contributed by atoms with Crippen molar-refractivity contribution in [2.24, 2.45) is 0 Å². The normalized spacial score (nSPS) is 24.0. The lowest BCUT2D eigenvalue weighted by Gasteiger charge is -2.33. The van der Waals surface area contributed by atoms with Crippen LogP contribution in [0.25, 0.3) is 0 Å². The molecule has 1 atom stereocenters. The van der Waals surface area contributed by atoms with Crippen LogP contribution < -0.4 is 0 Å². The Morgan fingerprint density at radius 3 is 2.64 bits per heavy atom. The predicted octanol–water partition coefficient (Wildman–Crippen LogP) is 3.66. The summed E-state index contributed by atoms with van der Waals surface area (Å²) < 4.78 is 0. The maximum atomic E-state index is 5.64. The molecule has 1 aliphatic rings. The molecule has 0 aromatic rings. The fourth-order valence-corrected chi connectivity index (χ4v) is 2.44. The third kappa shape index (κ3) is 4.65. The van der Waals surface area contributed by atoms with Gasteiger partial charge in [-0.3, -0.25) is 0 Å². The monoisotopic (exact) mass is 217 g/mol. The molecular formula is C12H24ClN. The van der Waals surface area contributed by atoms with Gasteiger partial charge in [0.1, 0.15) is 0 Å². The molecule has 1 aliphatic heterocycles. The van der Waals surface area contributed by atoms with Crippen LogP contribution in [0.5, 0.6) is 0 Å². The van der Waals surface area contributed by atoms with Gasteiger partial charge in [-0.15, -0.1) is 11.6 Å². The second kappa shape index (κ2) is 7.53. The number of piperidine rings is 1. The molecule has 1 rings (SSSR count). The molecule has 2 heteroatoms. The summed E-state index contributed by atoms with van der Waals surface area (Å²) in [5.74, 6) is 0.833. The third-order valence-electron chi connectivity index (χ3n) is 3.27. The number of rotatable bonds is 6. The Bertz CT molecular complexity index is 138. The van der Waals surface area contributed by atoms with Gasteiger partial charge in [0, 0.05) is 11.9 Å². The summed E-state index contributed by atoms with van der Waals surface area (Å²) in [4.78, 5) is 2.66. The molecule has 14 heavy (non-hydrogen) atoms. The lowest BCUT2D eigenvalue weighted by atomic mass is 10.0. The van der Waals surface area contributed by atoms with Gasteiger partial charge < -0.3 is 4.90 Å². The van der Waals surface area contributed by atoms with E-state index in [1.165, 1.54) is 58.0 Å². The van der Waals surface area contributed by atoms with Gasteiger partial charge in [0.25, 0.3) is 0 Å². The van der Waals surface area contributed by atoms with Gasteiger partial charge in [-0.1, -0.05) is 19.3 Å². The van der Waals surface area contributed by atoms with Crippen molar-refractivity contribution in [3.05, 3.63) is 0 Å². The topological polar surface area (TPSA) is 3.24 Å². The highest BCUT2D eigenvalue weighted by molar-refractivity contribution is 6.17. The summed E-state index contributed by atoms with van der Waals surface area (Å²) in [7, 11) is 0. The van der Waals surface area contributed by atoms with Crippen LogP contribution in [0.3, 0.4) is 0 Å². The highest BCUT2D eigenvalue weighted by Crippen LogP contribution is 2.17. The van der Waals surface area contributed by atoms with Crippen LogP contribution in [-0.2, 0) is 0 Å². The molecule has 0 spiro atoms. The minimum atomic E-state index is 0.830. The third-order valence-corrected chi connectivity index (χ3v) is 3.54. The maximum absolute atomic E-state index is 5.64. The summed E-state index contributed by atoms with van der Waals surface area (Å²) in [5, 5.41) is 0. The Balaban J connectivity index is 1.99. The zero-order valence-corrected chi connectivity index (χ0v) is 10.2. The van der Waals surface area contributed by atoms with E-state index in [9.17, 15) is 0 Å². The molecule has 1 nitrogen and oxygen atoms in total. The molecular weight excluding hydrogens is 194 g/mol. The zero-order chi connectivity index (χ0) is 10.2. The van der Waals surface area contributed by atoms with E-state index in [0.717, 1.165) is 11.9 Å². The first-order valence-electron chi connectivity index (χ1n) is 6.14. The van der Waals surface area contributed by atoms with Crippen molar-refractivity contribution >= 4 is 11.6 Å². The molecule has 0 saturated carbocycles. The highest BCUT2D eigenvalue weighted by atomic mass is 35.5. The SMILES string of the molecule is CC1CCCCN1CCCCCCCl. The van der Waals surface area contributed by atoms with Crippen LogP contribution in [-0.4, -0.2) is 29.9 Å². The summed E-state index contributed by atoms with van der Waals surface area (Å²) in [6.45, 7) is 5.01. The lowest BCUT2D eigenvalue weighted by Crippen LogP contribution is -2.37. The predicted molar refractivity (Wildman–Crippen MR) is 64.1 cm³/mol. The summed E-state index contributed by atoms with van der Waals surface area (Å²) >= 11 is 5.64. The minimum absolute atomic E-state index is 0.830. The van der Waals surface area contributed by atoms with E-state index in [0.29, 0.717) is 0 Å². The van der Waals surface area contributed by atoms with Crippen molar-refractivity contribution < 1.29 is 0 Å². The van der Waals surface area contributed by atoms with Gasteiger partial charge in [-0.2, -0.15) is 0 Å². The van der Waals surface area contributed by atoms with Crippen molar-refractivity contribution in [1.29, 1.82) is 0 Å². The average molecular weight is 218 g/mol. The largest absolute Gasteiger partial charge is 0.301 e. The van der Waals surface area contributed by atoms with Gasteiger partial charge in [-0.25, -0.2) is 0 Å². The molecule has 0 aromatic heterocycles. The summed E-state index contributed by atoms with van der Waals surface area (Å²) in [6, 6.07) is 0.830. The Kier molecular flexibility index (Phi) is 6.63. The first-order valence-corrected chi connectivity index (χ1v) is 6.68. The Morgan fingerprint density at radius 1 is 1.14 bits per heavy atom. The van der Waals surface area contributed by atoms with Gasteiger partial charge in [-0.05, 0) is 45.7 Å². The van der Waals surface area contributed by atoms with E-state index >= 15 is 0 Å². The van der Waals surface area contributed by atoms with Crippen molar-refractivity contribution in [1.82, 2.24) is 4.90 Å². The molecule has 0 bridgehead atoms. The quantitative estimate of drug-likeness (QED) is 0.485. The molecule has 1 unspecified atom stereocenters. The van der Waals surface area contributed by atoms with Gasteiger partial charge in [0.2, 0.25) is 0 Å². The molecule has 1 heterocycles. The van der Waals surface area contributed by atoms with E-state index in [2.05, 4.69) is 11.8 Å². The number of hydrogen-bond acceptors (Lipinski definition) is 1. The van der Waals surface area contributed by atoms with E-state index < -0.39 is 0 Å². The van der Waals surface area contributed by atoms with Gasteiger partial charge in [0.05, 0.1) is 0 Å². The molecule has 1 saturated heterocycles. The number of alkyl halides is 1. The van der Waals surface area contributed by atoms with Gasteiger partial charge >= 0.3 is 0 Å². The number of unbranched alkanes of at least 4 members (excludes halogenated alkanes) is 3. The molecule has 0 aliphatic carbocycles. The molecule has 1 fully saturated rings. The fourth-order valence-electron chi connectivity index (χ4n) is 2.25. The molecule has 0 amide bonds. The summed E-state index contributed by atoms with van der Waals surface area (Å²) in [6.07, 6.45) is 9.47. The average Bonchev–Trinajstić information content (AvgIpc) is 2.20. The Hall–Kier alpha value is 0.250. The lowest BCUT2D eigenvalue weighted by molar-refractivity contribution is 0.158. The van der Waals surface area contributed by atoms with Crippen LogP contribution in [0.15, 0.2) is 0 Å². The molecule has 0 aromatic carbocycles. The molecule has 0 radical (unpaired) electrons. The molecule has 84 valence electrons. The smallest absolute Gasteiger partial charge is 0.0223 e. The van der Waals surface area contributed by atoms with E-state index in [4.69, 9.17) is 11.6 Å². The number of halogens is 1. The fraction of sp³-hybridized carbons (Fsp3) is 1.00. The first kappa shape index (κ1) is 12.3. The second-order valence-electron chi connectivity index (χ2n) is 4.48. The van der Waals surface area contributed by atoms with E-state index in [-0.39, 0.29) is 0 Å². The van der Waals surface area contributed by atoms with Crippen molar-refractivity contribution in [2.45, 2.75) is 57.9 Å². The minimum Gasteiger partial charge on any atom is -0.301 e. The zero-order valence-electron chi connectivity index (χ0n) is 9.47. The van der Waals surface area contributed by atoms with Crippen molar-refractivity contribution in [3.8, 4) is 0 Å². The second-order valence-corrected chi connectivity index (χ2v) is 4.86. The summed E-state index contributed by atoms with van der Waals surface area (Å²) in [5.41, 5.74) is 0. The standard InChI is InChI=1S/C12H24ClN/c1-12-8-4-7-11-14(12)10-6-3-2-5-9-13/h12H,2-11H2,1H3. The van der Waals surface area contributed by atoms with Crippen LogP contribution in [0.4, 0.5) is 0 Å². The first-order chi connectivity index (χ1) is 6.84. The van der Waals surface area contributed by atoms with Crippen LogP contribution in [0.1, 0.15) is 51.9 Å². The molecule has 0 N–H and O–H groups in total. The Morgan fingerprint density at radius 2 is 1.93 bits per heavy atom. The Labute approximate surface area is 93.8 Å². The van der Waals surface area contributed by atoms with Crippen molar-refractivity contribution in [3.63, 3.8) is 0 Å². The number of likely N-dealkylation sites (tertiary alicyclic amines) is 1. The maximum Gasteiger partial charge on any atom is 0.0223 e. The van der Waals surface area contributed by atoms with Crippen molar-refractivity contribution in [2.75, 3.05) is 19.0 Å².